The van der Waals surface area contributed by atoms with Gasteiger partial charge in [-0.15, -0.1) is 0 Å². The Labute approximate surface area is 124 Å². The molecule has 0 radical (unpaired) electrons. The molecule has 0 amide bonds. The average Bonchev–Trinajstić information content (AvgIpc) is 2.42. The highest BCUT2D eigenvalue weighted by Gasteiger charge is 2.13. The first-order valence-corrected chi connectivity index (χ1v) is 8.08. The summed E-state index contributed by atoms with van der Waals surface area (Å²) in [6.07, 6.45) is 4.17. The molecule has 2 heteroatoms. The van der Waals surface area contributed by atoms with Crippen molar-refractivity contribution in [2.45, 2.75) is 59.5 Å². The first-order chi connectivity index (χ1) is 9.56. The highest BCUT2D eigenvalue weighted by molar-refractivity contribution is 5.36. The minimum atomic E-state index is 0.564. The molecule has 0 spiro atoms. The van der Waals surface area contributed by atoms with Crippen LogP contribution in [0, 0.1) is 20.8 Å². The van der Waals surface area contributed by atoms with Crippen LogP contribution in [0.25, 0.3) is 0 Å². The van der Waals surface area contributed by atoms with Gasteiger partial charge in [-0.2, -0.15) is 0 Å². The minimum absolute atomic E-state index is 0.564. The molecular weight excluding hydrogens is 244 g/mol. The van der Waals surface area contributed by atoms with E-state index in [0.717, 1.165) is 6.54 Å². The molecule has 0 aliphatic carbocycles. The van der Waals surface area contributed by atoms with Gasteiger partial charge in [-0.05, 0) is 75.9 Å². The van der Waals surface area contributed by atoms with E-state index < -0.39 is 0 Å². The smallest absolute Gasteiger partial charge is 0.0211 e. The van der Waals surface area contributed by atoms with Crippen LogP contribution in [0.15, 0.2) is 12.1 Å². The fourth-order valence-electron chi connectivity index (χ4n) is 3.09. The van der Waals surface area contributed by atoms with Crippen LogP contribution >= 0.6 is 0 Å². The molecule has 0 saturated carbocycles. The van der Waals surface area contributed by atoms with Gasteiger partial charge in [-0.3, -0.25) is 0 Å². The molecule has 2 nitrogen and oxygen atoms in total. The zero-order valence-electron chi connectivity index (χ0n) is 13.6. The first-order valence-electron chi connectivity index (χ1n) is 8.08. The van der Waals surface area contributed by atoms with Crippen LogP contribution in [0.3, 0.4) is 0 Å². The van der Waals surface area contributed by atoms with E-state index in [4.69, 9.17) is 0 Å². The molecule has 1 heterocycles. The van der Waals surface area contributed by atoms with Crippen molar-refractivity contribution in [2.24, 2.45) is 0 Å². The van der Waals surface area contributed by atoms with Crippen molar-refractivity contribution < 1.29 is 0 Å². The van der Waals surface area contributed by atoms with E-state index in [1.54, 1.807) is 0 Å². The van der Waals surface area contributed by atoms with Gasteiger partial charge in [-0.1, -0.05) is 18.6 Å². The van der Waals surface area contributed by atoms with Crippen LogP contribution in [-0.2, 0) is 6.54 Å². The van der Waals surface area contributed by atoms with E-state index in [0.29, 0.717) is 6.04 Å². The number of aryl methyl sites for hydroxylation is 3. The summed E-state index contributed by atoms with van der Waals surface area (Å²) in [5.41, 5.74) is 5.65. The Balaban J connectivity index is 1.83. The van der Waals surface area contributed by atoms with Crippen molar-refractivity contribution in [3.05, 3.63) is 34.4 Å². The summed E-state index contributed by atoms with van der Waals surface area (Å²) in [7, 11) is 0. The lowest BCUT2D eigenvalue weighted by molar-refractivity contribution is 0.209. The molecule has 1 aromatic rings. The Morgan fingerprint density at radius 3 is 2.35 bits per heavy atom. The lowest BCUT2D eigenvalue weighted by atomic mass is 10.0. The van der Waals surface area contributed by atoms with Crippen LogP contribution in [-0.4, -0.2) is 30.6 Å². The van der Waals surface area contributed by atoms with Crippen LogP contribution in [0.4, 0.5) is 0 Å². The van der Waals surface area contributed by atoms with Gasteiger partial charge in [0.2, 0.25) is 0 Å². The van der Waals surface area contributed by atoms with Crippen LogP contribution in [0.2, 0.25) is 0 Å². The number of benzene rings is 1. The molecular formula is C18H30N2. The second kappa shape index (κ2) is 7.24. The maximum absolute atomic E-state index is 3.69. The number of nitrogens with one attached hydrogen (secondary N) is 1. The van der Waals surface area contributed by atoms with Gasteiger partial charge in [0.1, 0.15) is 0 Å². The highest BCUT2D eigenvalue weighted by atomic mass is 15.1. The van der Waals surface area contributed by atoms with E-state index in [2.05, 4.69) is 50.0 Å². The summed E-state index contributed by atoms with van der Waals surface area (Å²) >= 11 is 0. The van der Waals surface area contributed by atoms with Crippen molar-refractivity contribution in [2.75, 3.05) is 19.6 Å². The molecule has 112 valence electrons. The van der Waals surface area contributed by atoms with Gasteiger partial charge < -0.3 is 10.2 Å². The van der Waals surface area contributed by atoms with Gasteiger partial charge in [0.15, 0.2) is 0 Å². The Morgan fingerprint density at radius 2 is 1.65 bits per heavy atom. The van der Waals surface area contributed by atoms with Crippen molar-refractivity contribution in [1.29, 1.82) is 0 Å². The highest BCUT2D eigenvalue weighted by Crippen LogP contribution is 2.15. The minimum Gasteiger partial charge on any atom is -0.309 e. The topological polar surface area (TPSA) is 15.3 Å². The zero-order valence-corrected chi connectivity index (χ0v) is 13.6. The van der Waals surface area contributed by atoms with Gasteiger partial charge in [0.05, 0.1) is 0 Å². The number of likely N-dealkylation sites (tertiary alicyclic amines) is 1. The Morgan fingerprint density at radius 1 is 1.00 bits per heavy atom. The third kappa shape index (κ3) is 4.32. The Kier molecular flexibility index (Phi) is 5.62. The quantitative estimate of drug-likeness (QED) is 0.883. The lowest BCUT2D eigenvalue weighted by Crippen LogP contribution is -2.41. The molecule has 1 unspecified atom stereocenters. The Bertz CT molecular complexity index is 433. The summed E-state index contributed by atoms with van der Waals surface area (Å²) in [6, 6.07) is 5.21. The molecule has 1 atom stereocenters. The standard InChI is InChI=1S/C18H30N2/c1-14-10-16(3)18(11-15(14)2)12-19-17(4)13-20-8-6-5-7-9-20/h10-11,17,19H,5-9,12-13H2,1-4H3. The molecule has 2 rings (SSSR count). The SMILES string of the molecule is Cc1cc(C)c(CNC(C)CN2CCCCC2)cc1C. The molecule has 0 bridgehead atoms. The third-order valence-corrected chi connectivity index (χ3v) is 4.57. The number of hydrogen-bond donors (Lipinski definition) is 1. The molecule has 1 aliphatic heterocycles. The van der Waals surface area contributed by atoms with Gasteiger partial charge in [-0.25, -0.2) is 0 Å². The Hall–Kier alpha value is -0.860. The lowest BCUT2D eigenvalue weighted by Gasteiger charge is -2.29. The van der Waals surface area contributed by atoms with Gasteiger partial charge >= 0.3 is 0 Å². The van der Waals surface area contributed by atoms with Crippen molar-refractivity contribution in [1.82, 2.24) is 10.2 Å². The number of hydrogen-bond acceptors (Lipinski definition) is 2. The van der Waals surface area contributed by atoms with Crippen LogP contribution in [0.5, 0.6) is 0 Å². The van der Waals surface area contributed by atoms with Crippen molar-refractivity contribution in [3.8, 4) is 0 Å². The third-order valence-electron chi connectivity index (χ3n) is 4.57. The molecule has 1 fully saturated rings. The average molecular weight is 274 g/mol. The van der Waals surface area contributed by atoms with Crippen molar-refractivity contribution >= 4 is 0 Å². The normalized spacial score (nSPS) is 18.2. The van der Waals surface area contributed by atoms with Gasteiger partial charge in [0.25, 0.3) is 0 Å². The van der Waals surface area contributed by atoms with E-state index in [9.17, 15) is 0 Å². The molecule has 0 aromatic heterocycles. The monoisotopic (exact) mass is 274 g/mol. The fourth-order valence-corrected chi connectivity index (χ4v) is 3.09. The second-order valence-electron chi connectivity index (χ2n) is 6.51. The molecule has 1 aromatic carbocycles. The second-order valence-corrected chi connectivity index (χ2v) is 6.51. The van der Waals surface area contributed by atoms with E-state index in [1.165, 1.54) is 61.2 Å². The van der Waals surface area contributed by atoms with E-state index >= 15 is 0 Å². The summed E-state index contributed by atoms with van der Waals surface area (Å²) < 4.78 is 0. The van der Waals surface area contributed by atoms with Crippen molar-refractivity contribution in [3.63, 3.8) is 0 Å². The molecule has 20 heavy (non-hydrogen) atoms. The predicted molar refractivity (Wildman–Crippen MR) is 87.2 cm³/mol. The van der Waals surface area contributed by atoms with E-state index in [1.807, 2.05) is 0 Å². The predicted octanol–water partition coefficient (Wildman–Crippen LogP) is 3.58. The molecule has 1 saturated heterocycles. The van der Waals surface area contributed by atoms with Crippen LogP contribution < -0.4 is 5.32 Å². The maximum Gasteiger partial charge on any atom is 0.0211 e. The fraction of sp³-hybridized carbons (Fsp3) is 0.667. The molecule has 1 aliphatic rings. The largest absolute Gasteiger partial charge is 0.309 e. The summed E-state index contributed by atoms with van der Waals surface area (Å²) in [5, 5.41) is 3.69. The number of nitrogens with zero attached hydrogens (tertiary/aromatic N) is 1. The summed E-state index contributed by atoms with van der Waals surface area (Å²) in [5.74, 6) is 0. The summed E-state index contributed by atoms with van der Waals surface area (Å²) in [6.45, 7) is 13.7. The van der Waals surface area contributed by atoms with E-state index in [-0.39, 0.29) is 0 Å². The van der Waals surface area contributed by atoms with Crippen LogP contribution in [0.1, 0.15) is 48.4 Å². The molecule has 1 N–H and O–H groups in total. The summed E-state index contributed by atoms with van der Waals surface area (Å²) in [4.78, 5) is 2.61. The number of piperidine rings is 1. The number of rotatable bonds is 5. The zero-order chi connectivity index (χ0) is 14.5. The first kappa shape index (κ1) is 15.5. The van der Waals surface area contributed by atoms with Gasteiger partial charge in [0, 0.05) is 19.1 Å². The maximum atomic E-state index is 3.69.